The second-order valence-corrected chi connectivity index (χ2v) is 8.21. The van der Waals surface area contributed by atoms with Gasteiger partial charge in [0.05, 0.1) is 36.1 Å². The Morgan fingerprint density at radius 2 is 1.66 bits per heavy atom. The van der Waals surface area contributed by atoms with Gasteiger partial charge in [-0.05, 0) is 48.9 Å². The first-order valence-corrected chi connectivity index (χ1v) is 11.1. The lowest BCUT2D eigenvalue weighted by Gasteiger charge is -2.16. The molecule has 0 bridgehead atoms. The minimum absolute atomic E-state index is 0.157. The Morgan fingerprint density at radius 3 is 2.31 bits per heavy atom. The Hall–Kier alpha value is -3.45. The van der Waals surface area contributed by atoms with E-state index < -0.39 is 0 Å². The van der Waals surface area contributed by atoms with Crippen LogP contribution in [0.5, 0.6) is 11.5 Å². The molecule has 0 spiro atoms. The summed E-state index contributed by atoms with van der Waals surface area (Å²) in [5.41, 5.74) is 2.24. The quantitative estimate of drug-likeness (QED) is 0.442. The lowest BCUT2D eigenvalue weighted by atomic mass is 10.0. The number of thioether (sulfide) groups is 1. The van der Waals surface area contributed by atoms with Crippen molar-refractivity contribution >= 4 is 29.1 Å². The smallest absolute Gasteiger partial charge is 0.268 e. The number of carbonyl (C=O) groups excluding carboxylic acids is 2. The van der Waals surface area contributed by atoms with Crippen molar-refractivity contribution in [3.63, 3.8) is 0 Å². The molecule has 1 aliphatic rings. The molecule has 1 aliphatic heterocycles. The number of furan rings is 1. The summed E-state index contributed by atoms with van der Waals surface area (Å²) in [6.07, 6.45) is 1.59. The van der Waals surface area contributed by atoms with Gasteiger partial charge in [-0.1, -0.05) is 29.8 Å². The Labute approximate surface area is 190 Å². The van der Waals surface area contributed by atoms with E-state index in [2.05, 4.69) is 0 Å². The van der Waals surface area contributed by atoms with E-state index >= 15 is 0 Å². The molecule has 2 amide bonds. The number of methoxy groups -OCH3 is 1. The van der Waals surface area contributed by atoms with E-state index in [1.54, 1.807) is 43.7 Å². The molecule has 0 N–H and O–H groups in total. The first-order valence-electron chi connectivity index (χ1n) is 10.2. The Morgan fingerprint density at radius 1 is 0.938 bits per heavy atom. The molecule has 0 atom stereocenters. The molecule has 3 aromatic rings. The van der Waals surface area contributed by atoms with Gasteiger partial charge in [0.25, 0.3) is 11.8 Å². The van der Waals surface area contributed by atoms with Crippen molar-refractivity contribution in [1.82, 2.24) is 4.90 Å². The van der Waals surface area contributed by atoms with Crippen molar-refractivity contribution in [3.8, 4) is 11.5 Å². The number of amides is 2. The molecule has 0 unspecified atom stereocenters. The van der Waals surface area contributed by atoms with Crippen LogP contribution in [0.25, 0.3) is 5.57 Å². The van der Waals surface area contributed by atoms with Crippen LogP contribution >= 0.6 is 11.8 Å². The summed E-state index contributed by atoms with van der Waals surface area (Å²) >= 11 is 1.32. The number of aryl methyl sites for hydroxylation is 1. The fraction of sp³-hybridized carbons (Fsp3) is 0.200. The molecular weight excluding hydrogens is 426 g/mol. The van der Waals surface area contributed by atoms with E-state index in [0.717, 1.165) is 22.6 Å². The minimum Gasteiger partial charge on any atom is -0.497 e. The lowest BCUT2D eigenvalue weighted by Crippen LogP contribution is -2.35. The molecule has 1 aromatic heterocycles. The molecule has 164 valence electrons. The van der Waals surface area contributed by atoms with Gasteiger partial charge in [-0.3, -0.25) is 14.5 Å². The van der Waals surface area contributed by atoms with Gasteiger partial charge >= 0.3 is 0 Å². The van der Waals surface area contributed by atoms with Crippen molar-refractivity contribution in [2.75, 3.05) is 20.3 Å². The van der Waals surface area contributed by atoms with E-state index in [1.807, 2.05) is 37.3 Å². The lowest BCUT2D eigenvalue weighted by molar-refractivity contribution is -0.136. The minimum atomic E-state index is -0.306. The van der Waals surface area contributed by atoms with E-state index in [1.165, 1.54) is 16.7 Å². The third-order valence-electron chi connectivity index (χ3n) is 5.05. The van der Waals surface area contributed by atoms with E-state index in [0.29, 0.717) is 22.0 Å². The van der Waals surface area contributed by atoms with Crippen LogP contribution in [0.2, 0.25) is 0 Å². The Bertz CT molecular complexity index is 1120. The molecule has 0 fully saturated rings. The van der Waals surface area contributed by atoms with Crippen molar-refractivity contribution in [2.24, 2.45) is 0 Å². The fourth-order valence-electron chi connectivity index (χ4n) is 3.33. The van der Waals surface area contributed by atoms with Gasteiger partial charge in [0.1, 0.15) is 23.9 Å². The number of hydrogen-bond acceptors (Lipinski definition) is 6. The number of carbonyl (C=O) groups is 2. The first-order chi connectivity index (χ1) is 15.6. The Kier molecular flexibility index (Phi) is 6.66. The summed E-state index contributed by atoms with van der Waals surface area (Å²) < 4.78 is 16.3. The highest BCUT2D eigenvalue weighted by atomic mass is 32.2. The summed E-state index contributed by atoms with van der Waals surface area (Å²) in [6.45, 7) is 2.33. The van der Waals surface area contributed by atoms with Crippen molar-refractivity contribution in [2.45, 2.75) is 12.7 Å². The number of rotatable bonds is 9. The first kappa shape index (κ1) is 21.8. The predicted molar refractivity (Wildman–Crippen MR) is 123 cm³/mol. The number of imide groups is 1. The highest BCUT2D eigenvalue weighted by Crippen LogP contribution is 2.37. The largest absolute Gasteiger partial charge is 0.497 e. The van der Waals surface area contributed by atoms with Crippen molar-refractivity contribution in [3.05, 3.63) is 88.7 Å². The van der Waals surface area contributed by atoms with Crippen LogP contribution < -0.4 is 9.47 Å². The number of ether oxygens (including phenoxy) is 2. The molecule has 4 rings (SSSR count). The van der Waals surface area contributed by atoms with Crippen LogP contribution in [0.4, 0.5) is 0 Å². The van der Waals surface area contributed by atoms with Gasteiger partial charge in [0, 0.05) is 0 Å². The fourth-order valence-corrected chi connectivity index (χ4v) is 4.36. The molecule has 32 heavy (non-hydrogen) atoms. The molecule has 0 saturated heterocycles. The zero-order valence-electron chi connectivity index (χ0n) is 17.9. The van der Waals surface area contributed by atoms with Crippen molar-refractivity contribution in [1.29, 1.82) is 0 Å². The average molecular weight is 450 g/mol. The zero-order valence-corrected chi connectivity index (χ0v) is 18.7. The maximum Gasteiger partial charge on any atom is 0.268 e. The number of benzene rings is 2. The standard InChI is InChI=1S/C25H23NO5S/c1-17-5-7-18(8-6-17)22-23(32-16-21-4-3-14-30-21)25(28)26(24(22)27)13-15-31-20-11-9-19(29-2)10-12-20/h3-12,14H,13,15-16H2,1-2H3. The molecular formula is C25H23NO5S. The van der Waals surface area contributed by atoms with Gasteiger partial charge in [-0.2, -0.15) is 0 Å². The maximum atomic E-state index is 13.2. The summed E-state index contributed by atoms with van der Waals surface area (Å²) in [6, 6.07) is 18.4. The summed E-state index contributed by atoms with van der Waals surface area (Å²) in [5.74, 6) is 1.97. The normalized spacial score (nSPS) is 13.8. The zero-order chi connectivity index (χ0) is 22.5. The van der Waals surface area contributed by atoms with E-state index in [4.69, 9.17) is 13.9 Å². The molecule has 7 heteroatoms. The van der Waals surface area contributed by atoms with Gasteiger partial charge in [-0.15, -0.1) is 11.8 Å². The molecule has 2 aromatic carbocycles. The monoisotopic (exact) mass is 449 g/mol. The molecule has 6 nitrogen and oxygen atoms in total. The SMILES string of the molecule is COc1ccc(OCCN2C(=O)C(SCc3ccco3)=C(c3ccc(C)cc3)C2=O)cc1. The molecule has 0 aliphatic carbocycles. The van der Waals surface area contributed by atoms with Gasteiger partial charge in [0.2, 0.25) is 0 Å². The maximum absolute atomic E-state index is 13.2. The third kappa shape index (κ3) is 4.73. The van der Waals surface area contributed by atoms with Gasteiger partial charge in [-0.25, -0.2) is 0 Å². The van der Waals surface area contributed by atoms with Gasteiger partial charge in [0.15, 0.2) is 0 Å². The average Bonchev–Trinajstić information content (AvgIpc) is 3.41. The van der Waals surface area contributed by atoms with Crippen LogP contribution in [0.3, 0.4) is 0 Å². The summed E-state index contributed by atoms with van der Waals surface area (Å²) in [7, 11) is 1.60. The topological polar surface area (TPSA) is 69.0 Å². The van der Waals surface area contributed by atoms with Crippen molar-refractivity contribution < 1.29 is 23.5 Å². The van der Waals surface area contributed by atoms with Crippen LogP contribution in [0.15, 0.2) is 76.2 Å². The molecule has 0 radical (unpaired) electrons. The second-order valence-electron chi connectivity index (χ2n) is 7.22. The van der Waals surface area contributed by atoms with Crippen LogP contribution in [0.1, 0.15) is 16.9 Å². The molecule has 0 saturated carbocycles. The highest BCUT2D eigenvalue weighted by molar-refractivity contribution is 8.03. The van der Waals surface area contributed by atoms with Crippen LogP contribution in [-0.2, 0) is 15.3 Å². The van der Waals surface area contributed by atoms with Gasteiger partial charge < -0.3 is 13.9 Å². The predicted octanol–water partition coefficient (Wildman–Crippen LogP) is 4.69. The van der Waals surface area contributed by atoms with Crippen LogP contribution in [0, 0.1) is 6.92 Å². The molecule has 2 heterocycles. The summed E-state index contributed by atoms with van der Waals surface area (Å²) in [4.78, 5) is 28.1. The third-order valence-corrected chi connectivity index (χ3v) is 6.14. The van der Waals surface area contributed by atoms with E-state index in [-0.39, 0.29) is 25.0 Å². The number of nitrogens with zero attached hydrogens (tertiary/aromatic N) is 1. The highest BCUT2D eigenvalue weighted by Gasteiger charge is 2.39. The Balaban J connectivity index is 1.50. The van der Waals surface area contributed by atoms with E-state index in [9.17, 15) is 9.59 Å². The summed E-state index contributed by atoms with van der Waals surface area (Å²) in [5, 5.41) is 0. The van der Waals surface area contributed by atoms with Crippen LogP contribution in [-0.4, -0.2) is 37.0 Å². The number of hydrogen-bond donors (Lipinski definition) is 0. The second kappa shape index (κ2) is 9.78.